The van der Waals surface area contributed by atoms with Gasteiger partial charge in [-0.05, 0) is 0 Å². The third-order valence-electron chi connectivity index (χ3n) is 2.56. The summed E-state index contributed by atoms with van der Waals surface area (Å²) in [5, 5.41) is 7.00. The fourth-order valence-corrected chi connectivity index (χ4v) is 1.41. The van der Waals surface area contributed by atoms with E-state index in [0.717, 1.165) is 7.11 Å². The van der Waals surface area contributed by atoms with E-state index < -0.39 is 0 Å². The van der Waals surface area contributed by atoms with Gasteiger partial charge < -0.3 is 29.9 Å². The molecule has 0 heterocycles. The molecule has 1 N–H and O–H groups in total. The van der Waals surface area contributed by atoms with Crippen LogP contribution < -0.4 is 24.8 Å². The number of rotatable bonds is 0. The third kappa shape index (κ3) is 6.26. The van der Waals surface area contributed by atoms with Gasteiger partial charge in [-0.3, -0.25) is 6.08 Å². The fourth-order valence-electron chi connectivity index (χ4n) is 1.41. The second-order valence-electron chi connectivity index (χ2n) is 3.62. The summed E-state index contributed by atoms with van der Waals surface area (Å²) in [6.07, 6.45) is 3.44. The van der Waals surface area contributed by atoms with Crippen molar-refractivity contribution in [3.63, 3.8) is 0 Å². The molecule has 15 heavy (non-hydrogen) atoms. The Morgan fingerprint density at radius 3 is 1.40 bits per heavy atom. The van der Waals surface area contributed by atoms with Crippen LogP contribution in [0.1, 0.15) is 34.6 Å². The molecule has 1 radical (unpaired) electrons. The van der Waals surface area contributed by atoms with Gasteiger partial charge in [0.2, 0.25) is 0 Å². The zero-order chi connectivity index (χ0) is 9.94. The van der Waals surface area contributed by atoms with Gasteiger partial charge >= 0.3 is 26.2 Å². The molecule has 0 atom stereocenters. The van der Waals surface area contributed by atoms with Crippen molar-refractivity contribution in [2.75, 3.05) is 7.11 Å². The van der Waals surface area contributed by atoms with Gasteiger partial charge in [-0.15, -0.1) is 6.92 Å². The van der Waals surface area contributed by atoms with Crippen LogP contribution in [0.25, 0.3) is 0 Å². The molecule has 1 aliphatic carbocycles. The van der Waals surface area contributed by atoms with Gasteiger partial charge in [0.15, 0.2) is 0 Å². The van der Waals surface area contributed by atoms with Crippen molar-refractivity contribution >= 4 is 0 Å². The van der Waals surface area contributed by atoms with Crippen LogP contribution in [0.15, 0.2) is 16.7 Å². The van der Waals surface area contributed by atoms with E-state index >= 15 is 0 Å². The molecule has 87 valence electrons. The maximum absolute atomic E-state index is 7.00. The Morgan fingerprint density at radius 2 is 1.33 bits per heavy atom. The van der Waals surface area contributed by atoms with Crippen LogP contribution in [0.3, 0.4) is 0 Å². The average molecular weight is 329 g/mol. The van der Waals surface area contributed by atoms with E-state index in [1.165, 1.54) is 16.7 Å². The molecule has 0 saturated heterocycles. The molecule has 1 nitrogen and oxygen atoms in total. The predicted octanol–water partition coefficient (Wildman–Crippen LogP) is -3.27. The van der Waals surface area contributed by atoms with Gasteiger partial charge in [0.05, 0.1) is 0 Å². The van der Waals surface area contributed by atoms with Crippen LogP contribution in [-0.4, -0.2) is 12.2 Å². The summed E-state index contributed by atoms with van der Waals surface area (Å²) in [6.45, 7) is 10.9. The van der Waals surface area contributed by atoms with E-state index in [9.17, 15) is 0 Å². The molecule has 0 unspecified atom stereocenters. The van der Waals surface area contributed by atoms with Crippen molar-refractivity contribution in [1.82, 2.24) is 0 Å². The summed E-state index contributed by atoms with van der Waals surface area (Å²) < 4.78 is 0. The smallest absolute Gasteiger partial charge is 1.00 e. The molecule has 4 heteroatoms. The van der Waals surface area contributed by atoms with E-state index in [1.54, 1.807) is 0 Å². The van der Waals surface area contributed by atoms with Gasteiger partial charge in [0.25, 0.3) is 0 Å². The van der Waals surface area contributed by atoms with Crippen LogP contribution in [0.4, 0.5) is 0 Å². The molecular weight excluding hydrogens is 310 g/mol. The number of aliphatic hydroxyl groups is 1. The standard InChI is InChI=1S/C10H15.CH4O.2ClH.Zr/c1-7-6-10(4,5)9(3)8(7)2;1-2;;;/h1-5H3;2H,1H3;2*1H;/q-1;;;;+3/p-2. The first-order valence-corrected chi connectivity index (χ1v) is 4.20. The Balaban J connectivity index is -0.000000114. The molecule has 0 spiro atoms. The van der Waals surface area contributed by atoms with Crippen LogP contribution in [0, 0.1) is 11.5 Å². The Kier molecular flexibility index (Phi) is 16.8. The molecule has 0 aliphatic heterocycles. The summed E-state index contributed by atoms with van der Waals surface area (Å²) >= 11 is 0. The first-order valence-electron chi connectivity index (χ1n) is 4.20. The Labute approximate surface area is 125 Å². The largest absolute Gasteiger partial charge is 3.00 e. The summed E-state index contributed by atoms with van der Waals surface area (Å²) in [4.78, 5) is 0. The van der Waals surface area contributed by atoms with Crippen molar-refractivity contribution in [3.05, 3.63) is 22.8 Å². The molecule has 1 rings (SSSR count). The first-order chi connectivity index (χ1) is 5.45. The van der Waals surface area contributed by atoms with Crippen LogP contribution in [0.2, 0.25) is 0 Å². The first kappa shape index (κ1) is 24.9. The maximum atomic E-state index is 7.00. The Bertz CT molecular complexity index is 233. The summed E-state index contributed by atoms with van der Waals surface area (Å²) in [5.41, 5.74) is 4.39. The van der Waals surface area contributed by atoms with Gasteiger partial charge in [-0.1, -0.05) is 33.1 Å². The average Bonchev–Trinajstić information content (AvgIpc) is 2.19. The predicted molar refractivity (Wildman–Crippen MR) is 52.7 cm³/mol. The van der Waals surface area contributed by atoms with Gasteiger partial charge in [0.1, 0.15) is 0 Å². The Morgan fingerprint density at radius 1 is 1.00 bits per heavy atom. The SMILES string of the molecule is CC1=[C-]C(C)(C)C(C)=C1C.CO.[Cl-].[Cl-].[Zr+3]. The quantitative estimate of drug-likeness (QED) is 0.463. The second kappa shape index (κ2) is 10.1. The zero-order valence-corrected chi connectivity index (χ0v) is 14.2. The molecule has 0 fully saturated rings. The molecule has 0 bridgehead atoms. The van der Waals surface area contributed by atoms with Gasteiger partial charge in [0, 0.05) is 7.11 Å². The van der Waals surface area contributed by atoms with E-state index in [-0.39, 0.29) is 56.4 Å². The molecule has 0 amide bonds. The molecular formula is C11H19Cl2OZr. The number of hydrogen-bond acceptors (Lipinski definition) is 1. The van der Waals surface area contributed by atoms with Crippen molar-refractivity contribution in [1.29, 1.82) is 0 Å². The normalized spacial score (nSPS) is 16.1. The number of halogens is 2. The minimum Gasteiger partial charge on any atom is -1.00 e. The molecule has 0 saturated carbocycles. The van der Waals surface area contributed by atoms with E-state index in [0.29, 0.717) is 0 Å². The van der Waals surface area contributed by atoms with E-state index in [2.05, 4.69) is 40.7 Å². The zero-order valence-electron chi connectivity index (χ0n) is 10.2. The molecule has 0 aromatic carbocycles. The van der Waals surface area contributed by atoms with Crippen LogP contribution in [-0.2, 0) is 26.2 Å². The van der Waals surface area contributed by atoms with E-state index in [1.807, 2.05) is 0 Å². The topological polar surface area (TPSA) is 20.2 Å². The van der Waals surface area contributed by atoms with E-state index in [4.69, 9.17) is 5.11 Å². The van der Waals surface area contributed by atoms with Crippen molar-refractivity contribution < 1.29 is 56.1 Å². The van der Waals surface area contributed by atoms with Crippen LogP contribution in [0.5, 0.6) is 0 Å². The maximum Gasteiger partial charge on any atom is 3.00 e. The molecule has 1 aliphatic rings. The Hall–Kier alpha value is 0.903. The van der Waals surface area contributed by atoms with Gasteiger partial charge in [-0.2, -0.15) is 11.1 Å². The summed E-state index contributed by atoms with van der Waals surface area (Å²) in [6, 6.07) is 0. The van der Waals surface area contributed by atoms with Crippen molar-refractivity contribution in [3.8, 4) is 0 Å². The summed E-state index contributed by atoms with van der Waals surface area (Å²) in [5.74, 6) is 0. The second-order valence-corrected chi connectivity index (χ2v) is 3.62. The minimum absolute atomic E-state index is 0. The van der Waals surface area contributed by atoms with Crippen molar-refractivity contribution in [2.24, 2.45) is 5.41 Å². The monoisotopic (exact) mass is 327 g/mol. The number of hydrogen-bond donors (Lipinski definition) is 1. The molecule has 0 aromatic heterocycles. The van der Waals surface area contributed by atoms with Crippen LogP contribution >= 0.6 is 0 Å². The van der Waals surface area contributed by atoms with Crippen molar-refractivity contribution in [2.45, 2.75) is 34.6 Å². The number of allylic oxidation sites excluding steroid dienone is 4. The summed E-state index contributed by atoms with van der Waals surface area (Å²) in [7, 11) is 1.00. The molecule has 0 aromatic rings. The van der Waals surface area contributed by atoms with Gasteiger partial charge in [-0.25, -0.2) is 5.57 Å². The number of aliphatic hydroxyl groups excluding tert-OH is 1. The third-order valence-corrected chi connectivity index (χ3v) is 2.56. The minimum atomic E-state index is 0. The fraction of sp³-hybridized carbons (Fsp3) is 0.636.